The van der Waals surface area contributed by atoms with Crippen molar-refractivity contribution in [3.63, 3.8) is 0 Å². The van der Waals surface area contributed by atoms with Crippen LogP contribution in [0.3, 0.4) is 0 Å². The third-order valence-corrected chi connectivity index (χ3v) is 4.90. The normalized spacial score (nSPS) is 20.6. The zero-order valence-electron chi connectivity index (χ0n) is 11.3. The van der Waals surface area contributed by atoms with E-state index in [1.165, 1.54) is 18.3 Å². The minimum absolute atomic E-state index is 0.243. The maximum atomic E-state index is 12.2. The number of pyridine rings is 1. The Balaban J connectivity index is 2.05. The highest BCUT2D eigenvalue weighted by Gasteiger charge is 2.23. The van der Waals surface area contributed by atoms with Crippen LogP contribution in [-0.4, -0.2) is 51.5 Å². The molecule has 106 valence electrons. The van der Waals surface area contributed by atoms with Crippen LogP contribution in [0.5, 0.6) is 0 Å². The van der Waals surface area contributed by atoms with Crippen molar-refractivity contribution >= 4 is 15.8 Å². The summed E-state index contributed by atoms with van der Waals surface area (Å²) in [5, 5.41) is 2.83. The average molecular weight is 284 g/mol. The molecular weight excluding hydrogens is 264 g/mol. The molecule has 1 atom stereocenters. The standard InChI is InChI=1S/C12H20N4O2S/c1-13-12-8-11(5-6-14-12)19(17,18)15-9-10-4-3-7-16(10)2/h5-6,8,10,15H,3-4,7,9H2,1-2H3,(H,13,14). The number of nitrogens with zero attached hydrogens (tertiary/aromatic N) is 2. The Bertz CT molecular complexity index is 532. The summed E-state index contributed by atoms with van der Waals surface area (Å²) in [5.41, 5.74) is 0. The summed E-state index contributed by atoms with van der Waals surface area (Å²) in [6.07, 6.45) is 3.65. The molecular formula is C12H20N4O2S. The predicted octanol–water partition coefficient (Wildman–Crippen LogP) is 0.496. The molecule has 1 unspecified atom stereocenters. The fraction of sp³-hybridized carbons (Fsp3) is 0.583. The van der Waals surface area contributed by atoms with Gasteiger partial charge in [0.15, 0.2) is 0 Å². The van der Waals surface area contributed by atoms with E-state index in [0.29, 0.717) is 18.4 Å². The minimum Gasteiger partial charge on any atom is -0.373 e. The summed E-state index contributed by atoms with van der Waals surface area (Å²) in [4.78, 5) is 6.44. The molecule has 2 heterocycles. The van der Waals surface area contributed by atoms with Crippen molar-refractivity contribution in [3.8, 4) is 0 Å². The third-order valence-electron chi connectivity index (χ3n) is 3.48. The Morgan fingerprint density at radius 3 is 2.95 bits per heavy atom. The van der Waals surface area contributed by atoms with Gasteiger partial charge in [-0.2, -0.15) is 0 Å². The van der Waals surface area contributed by atoms with Crippen molar-refractivity contribution < 1.29 is 8.42 Å². The van der Waals surface area contributed by atoms with Gasteiger partial charge in [-0.3, -0.25) is 0 Å². The quantitative estimate of drug-likeness (QED) is 0.823. The first kappa shape index (κ1) is 14.2. The molecule has 7 heteroatoms. The van der Waals surface area contributed by atoms with Crippen molar-refractivity contribution in [3.05, 3.63) is 18.3 Å². The molecule has 1 saturated heterocycles. The molecule has 1 fully saturated rings. The molecule has 1 aliphatic heterocycles. The van der Waals surface area contributed by atoms with E-state index >= 15 is 0 Å². The number of sulfonamides is 1. The molecule has 0 saturated carbocycles. The minimum atomic E-state index is -3.46. The van der Waals surface area contributed by atoms with Gasteiger partial charge in [-0.05, 0) is 32.5 Å². The monoisotopic (exact) mass is 284 g/mol. The average Bonchev–Trinajstić information content (AvgIpc) is 2.82. The third kappa shape index (κ3) is 3.43. The topological polar surface area (TPSA) is 74.3 Å². The Morgan fingerprint density at radius 1 is 1.53 bits per heavy atom. The molecule has 0 aromatic carbocycles. The number of likely N-dealkylation sites (tertiary alicyclic amines) is 1. The molecule has 0 spiro atoms. The molecule has 0 radical (unpaired) electrons. The molecule has 2 rings (SSSR count). The lowest BCUT2D eigenvalue weighted by Gasteiger charge is -2.19. The molecule has 19 heavy (non-hydrogen) atoms. The summed E-state index contributed by atoms with van der Waals surface area (Å²) in [6.45, 7) is 1.49. The van der Waals surface area contributed by atoms with E-state index in [1.807, 2.05) is 7.05 Å². The predicted molar refractivity (Wildman–Crippen MR) is 74.6 cm³/mol. The van der Waals surface area contributed by atoms with Crippen LogP contribution < -0.4 is 10.0 Å². The smallest absolute Gasteiger partial charge is 0.240 e. The summed E-state index contributed by atoms with van der Waals surface area (Å²) in [7, 11) is 0.273. The summed E-state index contributed by atoms with van der Waals surface area (Å²) in [5.74, 6) is 0.542. The second-order valence-electron chi connectivity index (χ2n) is 4.76. The van der Waals surface area contributed by atoms with Gasteiger partial charge in [0.1, 0.15) is 5.82 Å². The molecule has 0 aliphatic carbocycles. The maximum absolute atomic E-state index is 12.2. The van der Waals surface area contributed by atoms with Crippen molar-refractivity contribution in [2.45, 2.75) is 23.8 Å². The maximum Gasteiger partial charge on any atom is 0.240 e. The number of hydrogen-bond acceptors (Lipinski definition) is 5. The van der Waals surface area contributed by atoms with Gasteiger partial charge in [-0.25, -0.2) is 18.1 Å². The van der Waals surface area contributed by atoms with Crippen LogP contribution in [0.15, 0.2) is 23.2 Å². The van der Waals surface area contributed by atoms with E-state index in [-0.39, 0.29) is 4.90 Å². The van der Waals surface area contributed by atoms with Crippen LogP contribution in [0, 0.1) is 0 Å². The Hall–Kier alpha value is -1.18. The summed E-state index contributed by atoms with van der Waals surface area (Å²) >= 11 is 0. The van der Waals surface area contributed by atoms with Crippen LogP contribution in [0.2, 0.25) is 0 Å². The lowest BCUT2D eigenvalue weighted by atomic mass is 10.2. The number of hydrogen-bond donors (Lipinski definition) is 2. The lowest BCUT2D eigenvalue weighted by Crippen LogP contribution is -2.38. The highest BCUT2D eigenvalue weighted by molar-refractivity contribution is 7.89. The van der Waals surface area contributed by atoms with E-state index in [9.17, 15) is 8.42 Å². The number of rotatable bonds is 5. The molecule has 2 N–H and O–H groups in total. The van der Waals surface area contributed by atoms with Crippen LogP contribution in [0.4, 0.5) is 5.82 Å². The zero-order valence-corrected chi connectivity index (χ0v) is 12.1. The largest absolute Gasteiger partial charge is 0.373 e. The van der Waals surface area contributed by atoms with Crippen LogP contribution >= 0.6 is 0 Å². The Labute approximate surface area is 114 Å². The second-order valence-corrected chi connectivity index (χ2v) is 6.52. The van der Waals surface area contributed by atoms with Crippen LogP contribution in [0.25, 0.3) is 0 Å². The van der Waals surface area contributed by atoms with Gasteiger partial charge in [0, 0.05) is 31.9 Å². The van der Waals surface area contributed by atoms with Gasteiger partial charge < -0.3 is 10.2 Å². The van der Waals surface area contributed by atoms with Gasteiger partial charge in [-0.1, -0.05) is 0 Å². The van der Waals surface area contributed by atoms with E-state index in [0.717, 1.165) is 19.4 Å². The molecule has 1 aromatic rings. The lowest BCUT2D eigenvalue weighted by molar-refractivity contribution is 0.311. The number of aromatic nitrogens is 1. The number of anilines is 1. The van der Waals surface area contributed by atoms with Crippen LogP contribution in [-0.2, 0) is 10.0 Å². The van der Waals surface area contributed by atoms with E-state index in [2.05, 4.69) is 19.9 Å². The van der Waals surface area contributed by atoms with Gasteiger partial charge in [0.25, 0.3) is 0 Å². The zero-order chi connectivity index (χ0) is 13.9. The number of likely N-dealkylation sites (N-methyl/N-ethyl adjacent to an activating group) is 1. The van der Waals surface area contributed by atoms with E-state index < -0.39 is 10.0 Å². The van der Waals surface area contributed by atoms with Gasteiger partial charge in [0.2, 0.25) is 10.0 Å². The second kappa shape index (κ2) is 5.85. The Kier molecular flexibility index (Phi) is 4.38. The van der Waals surface area contributed by atoms with Crippen molar-refractivity contribution in [2.24, 2.45) is 0 Å². The van der Waals surface area contributed by atoms with Crippen molar-refractivity contribution in [2.75, 3.05) is 32.5 Å². The van der Waals surface area contributed by atoms with Crippen molar-refractivity contribution in [1.82, 2.24) is 14.6 Å². The fourth-order valence-electron chi connectivity index (χ4n) is 2.24. The summed E-state index contributed by atoms with van der Waals surface area (Å²) < 4.78 is 27.0. The summed E-state index contributed by atoms with van der Waals surface area (Å²) in [6, 6.07) is 3.32. The fourth-order valence-corrected chi connectivity index (χ4v) is 3.33. The highest BCUT2D eigenvalue weighted by atomic mass is 32.2. The van der Waals surface area contributed by atoms with E-state index in [4.69, 9.17) is 0 Å². The van der Waals surface area contributed by atoms with Crippen LogP contribution in [0.1, 0.15) is 12.8 Å². The first-order valence-electron chi connectivity index (χ1n) is 6.36. The molecule has 0 amide bonds. The molecule has 0 bridgehead atoms. The Morgan fingerprint density at radius 2 is 2.32 bits per heavy atom. The molecule has 1 aliphatic rings. The van der Waals surface area contributed by atoms with Gasteiger partial charge >= 0.3 is 0 Å². The molecule has 1 aromatic heterocycles. The van der Waals surface area contributed by atoms with Crippen molar-refractivity contribution in [1.29, 1.82) is 0 Å². The van der Waals surface area contributed by atoms with E-state index in [1.54, 1.807) is 7.05 Å². The highest BCUT2D eigenvalue weighted by Crippen LogP contribution is 2.16. The number of nitrogens with one attached hydrogen (secondary N) is 2. The van der Waals surface area contributed by atoms with Gasteiger partial charge in [0.05, 0.1) is 4.90 Å². The van der Waals surface area contributed by atoms with Gasteiger partial charge in [-0.15, -0.1) is 0 Å². The first-order chi connectivity index (χ1) is 9.03. The first-order valence-corrected chi connectivity index (χ1v) is 7.85. The SMILES string of the molecule is CNc1cc(S(=O)(=O)NCC2CCCN2C)ccn1. The molecule has 6 nitrogen and oxygen atoms in total.